The van der Waals surface area contributed by atoms with Gasteiger partial charge in [0.25, 0.3) is 0 Å². The topological polar surface area (TPSA) is 49.6 Å². The predicted octanol–water partition coefficient (Wildman–Crippen LogP) is 1.41. The molecule has 2 fully saturated rings. The first-order valence-electron chi connectivity index (χ1n) is 8.12. The summed E-state index contributed by atoms with van der Waals surface area (Å²) in [6, 6.07) is 10.6. The lowest BCUT2D eigenvalue weighted by molar-refractivity contribution is -0.136. The molecule has 5 heteroatoms. The molecule has 22 heavy (non-hydrogen) atoms. The van der Waals surface area contributed by atoms with Gasteiger partial charge in [0.2, 0.25) is 5.91 Å². The summed E-state index contributed by atoms with van der Waals surface area (Å²) in [5, 5.41) is 0. The third kappa shape index (κ3) is 3.83. The zero-order chi connectivity index (χ0) is 15.4. The van der Waals surface area contributed by atoms with Crippen LogP contribution in [0.4, 0.5) is 0 Å². The maximum atomic E-state index is 12.6. The molecule has 0 unspecified atom stereocenters. The third-order valence-electron chi connectivity index (χ3n) is 4.69. The number of benzene rings is 1. The van der Waals surface area contributed by atoms with Gasteiger partial charge in [-0.05, 0) is 24.9 Å². The first-order chi connectivity index (χ1) is 10.7. The molecule has 2 aliphatic heterocycles. The second-order valence-corrected chi connectivity index (χ2v) is 7.31. The lowest BCUT2D eigenvalue weighted by Gasteiger charge is -2.37. The van der Waals surface area contributed by atoms with E-state index in [2.05, 4.69) is 29.2 Å². The second-order valence-electron chi connectivity index (χ2n) is 6.23. The Bertz CT molecular complexity index is 490. The Labute approximate surface area is 137 Å². The number of thioether (sulfide) groups is 1. The van der Waals surface area contributed by atoms with E-state index in [4.69, 9.17) is 5.73 Å². The molecule has 1 aromatic carbocycles. The van der Waals surface area contributed by atoms with Gasteiger partial charge in [-0.25, -0.2) is 0 Å². The second kappa shape index (κ2) is 7.49. The molecule has 2 aliphatic rings. The molecule has 4 nitrogen and oxygen atoms in total. The van der Waals surface area contributed by atoms with Gasteiger partial charge in [0.15, 0.2) is 0 Å². The minimum atomic E-state index is -0.0248. The molecule has 3 rings (SSSR count). The molecule has 2 N–H and O–H groups in total. The van der Waals surface area contributed by atoms with Crippen LogP contribution in [-0.2, 0) is 11.2 Å². The molecule has 0 aromatic heterocycles. The van der Waals surface area contributed by atoms with E-state index in [0.29, 0.717) is 0 Å². The van der Waals surface area contributed by atoms with Crippen LogP contribution in [0.1, 0.15) is 12.0 Å². The number of nitrogens with two attached hydrogens (primary N) is 1. The number of amides is 1. The lowest BCUT2D eigenvalue weighted by atomic mass is 9.91. The van der Waals surface area contributed by atoms with E-state index in [1.807, 2.05) is 22.7 Å². The van der Waals surface area contributed by atoms with Crippen molar-refractivity contribution in [2.75, 3.05) is 37.8 Å². The molecule has 0 bridgehead atoms. The van der Waals surface area contributed by atoms with Crippen molar-refractivity contribution in [3.05, 3.63) is 35.9 Å². The number of nitrogens with zero attached hydrogens (tertiary/aromatic N) is 2. The number of rotatable bonds is 4. The van der Waals surface area contributed by atoms with E-state index >= 15 is 0 Å². The lowest BCUT2D eigenvalue weighted by Crippen LogP contribution is -2.53. The first-order valence-corrected chi connectivity index (χ1v) is 9.28. The van der Waals surface area contributed by atoms with Crippen molar-refractivity contribution in [3.63, 3.8) is 0 Å². The van der Waals surface area contributed by atoms with Gasteiger partial charge in [-0.1, -0.05) is 30.3 Å². The number of hydrogen-bond donors (Lipinski definition) is 1. The summed E-state index contributed by atoms with van der Waals surface area (Å²) < 4.78 is 0. The molecule has 2 heterocycles. The van der Waals surface area contributed by atoms with E-state index in [1.165, 1.54) is 5.56 Å². The van der Waals surface area contributed by atoms with Crippen molar-refractivity contribution >= 4 is 17.7 Å². The van der Waals surface area contributed by atoms with E-state index in [0.717, 1.165) is 50.7 Å². The van der Waals surface area contributed by atoms with Gasteiger partial charge in [0.05, 0.1) is 11.8 Å². The van der Waals surface area contributed by atoms with Crippen molar-refractivity contribution < 1.29 is 4.79 Å². The van der Waals surface area contributed by atoms with Gasteiger partial charge in [-0.2, -0.15) is 0 Å². The van der Waals surface area contributed by atoms with Crippen LogP contribution in [0.25, 0.3) is 0 Å². The molecule has 0 saturated carbocycles. The normalized spacial score (nSPS) is 26.3. The molecule has 2 atom stereocenters. The Hall–Kier alpha value is -1.04. The Kier molecular flexibility index (Phi) is 5.39. The average Bonchev–Trinajstić information content (AvgIpc) is 3.09. The SMILES string of the molecule is N[C@@H]1CCN(CCc2ccccc2)C[C@@H]1C(=O)N1CCSC1. The largest absolute Gasteiger partial charge is 0.332 e. The van der Waals surface area contributed by atoms with E-state index in [1.54, 1.807) is 0 Å². The van der Waals surface area contributed by atoms with E-state index in [-0.39, 0.29) is 17.9 Å². The van der Waals surface area contributed by atoms with Crippen molar-refractivity contribution in [2.45, 2.75) is 18.9 Å². The highest BCUT2D eigenvalue weighted by molar-refractivity contribution is 7.99. The van der Waals surface area contributed by atoms with Gasteiger partial charge in [-0.3, -0.25) is 4.79 Å². The number of carbonyl (C=O) groups excluding carboxylic acids is 1. The van der Waals surface area contributed by atoms with E-state index < -0.39 is 0 Å². The van der Waals surface area contributed by atoms with Crippen LogP contribution < -0.4 is 5.73 Å². The molecule has 0 aliphatic carbocycles. The molecule has 2 saturated heterocycles. The standard InChI is InChI=1S/C17H25N3OS/c18-16-7-9-19(8-6-14-4-2-1-3-5-14)12-15(16)17(21)20-10-11-22-13-20/h1-5,15-16H,6-13,18H2/t15-,16+/m0/s1. The van der Waals surface area contributed by atoms with Crippen molar-refractivity contribution in [1.29, 1.82) is 0 Å². The molecular formula is C17H25N3OS. The maximum Gasteiger partial charge on any atom is 0.229 e. The van der Waals surface area contributed by atoms with Crippen LogP contribution in [0.3, 0.4) is 0 Å². The zero-order valence-corrected chi connectivity index (χ0v) is 13.8. The summed E-state index contributed by atoms with van der Waals surface area (Å²) in [5.74, 6) is 2.14. The smallest absolute Gasteiger partial charge is 0.229 e. The highest BCUT2D eigenvalue weighted by Gasteiger charge is 2.35. The number of piperidine rings is 1. The maximum absolute atomic E-state index is 12.6. The van der Waals surface area contributed by atoms with Gasteiger partial charge in [-0.15, -0.1) is 11.8 Å². The molecule has 0 spiro atoms. The molecule has 0 radical (unpaired) electrons. The first kappa shape index (κ1) is 15.8. The van der Waals surface area contributed by atoms with Crippen LogP contribution in [0.2, 0.25) is 0 Å². The molecule has 1 aromatic rings. The minimum Gasteiger partial charge on any atom is -0.332 e. The Morgan fingerprint density at radius 1 is 1.27 bits per heavy atom. The van der Waals surface area contributed by atoms with Crippen LogP contribution in [-0.4, -0.2) is 59.6 Å². The zero-order valence-electron chi connectivity index (χ0n) is 13.0. The Morgan fingerprint density at radius 2 is 2.09 bits per heavy atom. The van der Waals surface area contributed by atoms with Crippen LogP contribution >= 0.6 is 11.8 Å². The van der Waals surface area contributed by atoms with Crippen molar-refractivity contribution in [2.24, 2.45) is 11.7 Å². The van der Waals surface area contributed by atoms with Gasteiger partial charge >= 0.3 is 0 Å². The quantitative estimate of drug-likeness (QED) is 0.912. The van der Waals surface area contributed by atoms with Crippen LogP contribution in [0.15, 0.2) is 30.3 Å². The Morgan fingerprint density at radius 3 is 2.82 bits per heavy atom. The van der Waals surface area contributed by atoms with Crippen molar-refractivity contribution in [1.82, 2.24) is 9.80 Å². The summed E-state index contributed by atoms with van der Waals surface area (Å²) >= 11 is 1.83. The van der Waals surface area contributed by atoms with Crippen LogP contribution in [0.5, 0.6) is 0 Å². The fourth-order valence-corrected chi connectivity index (χ4v) is 4.21. The number of hydrogen-bond acceptors (Lipinski definition) is 4. The molecule has 1 amide bonds. The van der Waals surface area contributed by atoms with E-state index in [9.17, 15) is 4.79 Å². The fraction of sp³-hybridized carbons (Fsp3) is 0.588. The highest BCUT2D eigenvalue weighted by Crippen LogP contribution is 2.22. The number of likely N-dealkylation sites (tertiary alicyclic amines) is 1. The summed E-state index contributed by atoms with van der Waals surface area (Å²) in [7, 11) is 0. The molecule has 120 valence electrons. The number of carbonyl (C=O) groups is 1. The monoisotopic (exact) mass is 319 g/mol. The third-order valence-corrected chi connectivity index (χ3v) is 5.66. The minimum absolute atomic E-state index is 0.0195. The Balaban J connectivity index is 1.55. The summed E-state index contributed by atoms with van der Waals surface area (Å²) in [6.45, 7) is 3.71. The highest BCUT2D eigenvalue weighted by atomic mass is 32.2. The summed E-state index contributed by atoms with van der Waals surface area (Å²) in [4.78, 5) is 17.0. The van der Waals surface area contributed by atoms with Crippen molar-refractivity contribution in [3.8, 4) is 0 Å². The molecular weight excluding hydrogens is 294 g/mol. The van der Waals surface area contributed by atoms with Gasteiger partial charge in [0.1, 0.15) is 0 Å². The average molecular weight is 319 g/mol. The van der Waals surface area contributed by atoms with Gasteiger partial charge in [0, 0.05) is 31.4 Å². The fourth-order valence-electron chi connectivity index (χ4n) is 3.26. The van der Waals surface area contributed by atoms with Gasteiger partial charge < -0.3 is 15.5 Å². The summed E-state index contributed by atoms with van der Waals surface area (Å²) in [6.07, 6.45) is 1.96. The predicted molar refractivity (Wildman–Crippen MR) is 91.7 cm³/mol. The van der Waals surface area contributed by atoms with Crippen LogP contribution in [0, 0.1) is 5.92 Å². The summed E-state index contributed by atoms with van der Waals surface area (Å²) in [5.41, 5.74) is 7.59.